The van der Waals surface area contributed by atoms with E-state index >= 15 is 0 Å². The van der Waals surface area contributed by atoms with Crippen LogP contribution in [0.4, 0.5) is 4.39 Å². The lowest BCUT2D eigenvalue weighted by molar-refractivity contribution is -0.133. The highest BCUT2D eigenvalue weighted by Gasteiger charge is 2.56. The molecule has 2 fully saturated rings. The molecule has 0 amide bonds. The Kier molecular flexibility index (Phi) is 6.83. The van der Waals surface area contributed by atoms with E-state index < -0.39 is 6.17 Å². The van der Waals surface area contributed by atoms with Gasteiger partial charge in [-0.05, 0) is 80.1 Å². The number of alkyl halides is 1. The minimum atomic E-state index is -0.620. The number of rotatable bonds is 6. The normalized spacial score (nSPS) is 38.5. The molecule has 29 heavy (non-hydrogen) atoms. The van der Waals surface area contributed by atoms with Gasteiger partial charge in [-0.3, -0.25) is 0 Å². The van der Waals surface area contributed by atoms with Crippen LogP contribution in [0.25, 0.3) is 0 Å². The second-order valence-electron chi connectivity index (χ2n) is 11.2. The molecule has 2 saturated carbocycles. The van der Waals surface area contributed by atoms with E-state index in [4.69, 9.17) is 0 Å². The summed E-state index contributed by atoms with van der Waals surface area (Å²) >= 11 is 0. The van der Waals surface area contributed by atoms with Crippen molar-refractivity contribution in [2.24, 2.45) is 28.1 Å². The van der Waals surface area contributed by atoms with Crippen LogP contribution in [0.1, 0.15) is 91.5 Å². The molecule has 1 nitrogen and oxygen atoms in total. The van der Waals surface area contributed by atoms with E-state index in [1.165, 1.54) is 12.0 Å². The Labute approximate surface area is 178 Å². The second-order valence-corrected chi connectivity index (χ2v) is 11.2. The smallest absolute Gasteiger partial charge is 0.100 e. The Bertz CT molecular complexity index is 654. The van der Waals surface area contributed by atoms with Gasteiger partial charge in [-0.1, -0.05) is 70.9 Å². The lowest BCUT2D eigenvalue weighted by Gasteiger charge is -2.59. The maximum atomic E-state index is 14.3. The average molecular weight is 403 g/mol. The zero-order valence-electron chi connectivity index (χ0n) is 19.4. The number of aliphatic hydroxyl groups excluding tert-OH is 1. The van der Waals surface area contributed by atoms with Gasteiger partial charge in [0.05, 0.1) is 6.10 Å². The Hall–Kier alpha value is -0.890. The summed E-state index contributed by atoms with van der Waals surface area (Å²) in [5.74, 6) is 1.05. The van der Waals surface area contributed by atoms with Gasteiger partial charge < -0.3 is 5.11 Å². The second kappa shape index (κ2) is 8.69. The van der Waals surface area contributed by atoms with Crippen molar-refractivity contribution in [1.82, 2.24) is 0 Å². The van der Waals surface area contributed by atoms with E-state index in [1.54, 1.807) is 0 Å². The quantitative estimate of drug-likeness (QED) is 0.527. The standard InChI is InChI=1S/C27H43FO/c1-6-10-22-17-24(28)14-16-26(22,5)23-13-15-25(3,4)27(19-23,20(2)29)18-21-11-8-7-9-12-21/h7-9,11-12,20,22-24,29H,6,10,13-19H2,1-5H3/t20?,22-,23?,24-,26?,27+/m0/s1. The molecule has 3 rings (SSSR count). The predicted molar refractivity (Wildman–Crippen MR) is 121 cm³/mol. The van der Waals surface area contributed by atoms with Crippen LogP contribution >= 0.6 is 0 Å². The first-order valence-corrected chi connectivity index (χ1v) is 12.0. The zero-order valence-corrected chi connectivity index (χ0v) is 19.4. The zero-order chi connectivity index (χ0) is 21.3. The minimum absolute atomic E-state index is 0.0847. The highest BCUT2D eigenvalue weighted by molar-refractivity contribution is 5.20. The van der Waals surface area contributed by atoms with Crippen molar-refractivity contribution in [2.75, 3.05) is 0 Å². The molecule has 3 unspecified atom stereocenters. The van der Waals surface area contributed by atoms with Crippen molar-refractivity contribution >= 4 is 0 Å². The Morgan fingerprint density at radius 3 is 2.41 bits per heavy atom. The van der Waals surface area contributed by atoms with Gasteiger partial charge in [-0.25, -0.2) is 4.39 Å². The van der Waals surface area contributed by atoms with Gasteiger partial charge in [0.2, 0.25) is 0 Å². The maximum Gasteiger partial charge on any atom is 0.100 e. The van der Waals surface area contributed by atoms with Crippen molar-refractivity contribution in [3.63, 3.8) is 0 Å². The minimum Gasteiger partial charge on any atom is -0.393 e. The van der Waals surface area contributed by atoms with E-state index in [0.29, 0.717) is 11.8 Å². The molecule has 0 aromatic heterocycles. The molecule has 164 valence electrons. The van der Waals surface area contributed by atoms with Crippen LogP contribution in [-0.4, -0.2) is 17.4 Å². The van der Waals surface area contributed by atoms with Crippen molar-refractivity contribution < 1.29 is 9.50 Å². The number of hydrogen-bond acceptors (Lipinski definition) is 1. The molecule has 6 atom stereocenters. The third-order valence-corrected chi connectivity index (χ3v) is 9.28. The summed E-state index contributed by atoms with van der Waals surface area (Å²) in [5, 5.41) is 11.2. The molecule has 1 aromatic carbocycles. The molecule has 0 spiro atoms. The Balaban J connectivity index is 1.94. The van der Waals surface area contributed by atoms with E-state index in [9.17, 15) is 9.50 Å². The van der Waals surface area contributed by atoms with E-state index in [1.807, 2.05) is 6.92 Å². The fourth-order valence-corrected chi connectivity index (χ4v) is 7.02. The third-order valence-electron chi connectivity index (χ3n) is 9.28. The molecule has 0 heterocycles. The van der Waals surface area contributed by atoms with Crippen LogP contribution in [0, 0.1) is 28.1 Å². The van der Waals surface area contributed by atoms with E-state index in [2.05, 4.69) is 58.0 Å². The van der Waals surface area contributed by atoms with E-state index in [0.717, 1.165) is 51.4 Å². The summed E-state index contributed by atoms with van der Waals surface area (Å²) in [6.07, 6.45) is 8.10. The van der Waals surface area contributed by atoms with Crippen LogP contribution < -0.4 is 0 Å². The molecule has 0 aliphatic heterocycles. The van der Waals surface area contributed by atoms with Gasteiger partial charge in [0.1, 0.15) is 6.17 Å². The largest absolute Gasteiger partial charge is 0.393 e. The first-order valence-electron chi connectivity index (χ1n) is 12.0. The van der Waals surface area contributed by atoms with Crippen molar-refractivity contribution in [2.45, 2.75) is 105 Å². The fraction of sp³-hybridized carbons (Fsp3) is 0.778. The molecule has 1 N–H and O–H groups in total. The van der Waals surface area contributed by atoms with Crippen LogP contribution in [0.3, 0.4) is 0 Å². The Morgan fingerprint density at radius 1 is 1.10 bits per heavy atom. The average Bonchev–Trinajstić information content (AvgIpc) is 2.67. The summed E-state index contributed by atoms with van der Waals surface area (Å²) in [6.45, 7) is 11.4. The van der Waals surface area contributed by atoms with E-state index in [-0.39, 0.29) is 22.3 Å². The number of hydrogen-bond donors (Lipinski definition) is 1. The molecule has 0 bridgehead atoms. The number of benzene rings is 1. The summed E-state index contributed by atoms with van der Waals surface area (Å²) in [5.41, 5.74) is 1.47. The summed E-state index contributed by atoms with van der Waals surface area (Å²) in [6, 6.07) is 10.7. The van der Waals surface area contributed by atoms with Crippen LogP contribution in [-0.2, 0) is 6.42 Å². The summed E-state index contributed by atoms with van der Waals surface area (Å²) < 4.78 is 14.3. The van der Waals surface area contributed by atoms with Gasteiger partial charge >= 0.3 is 0 Å². The topological polar surface area (TPSA) is 20.2 Å². The molecule has 2 aliphatic rings. The Morgan fingerprint density at radius 2 is 1.79 bits per heavy atom. The lowest BCUT2D eigenvalue weighted by Crippen LogP contribution is -2.55. The highest BCUT2D eigenvalue weighted by atomic mass is 19.1. The maximum absolute atomic E-state index is 14.3. The van der Waals surface area contributed by atoms with Crippen LogP contribution in [0.2, 0.25) is 0 Å². The molecule has 0 saturated heterocycles. The SMILES string of the molecule is CCC[C@H]1C[C@@H](F)CCC1(C)C1CCC(C)(C)[C@@](Cc2ccccc2)(C(C)O)C1. The highest BCUT2D eigenvalue weighted by Crippen LogP contribution is 2.62. The lowest BCUT2D eigenvalue weighted by atomic mass is 9.46. The number of aliphatic hydroxyl groups is 1. The van der Waals surface area contributed by atoms with Crippen LogP contribution in [0.5, 0.6) is 0 Å². The predicted octanol–water partition coefficient (Wildman–Crippen LogP) is 7.37. The fourth-order valence-electron chi connectivity index (χ4n) is 7.02. The number of halogens is 1. The summed E-state index contributed by atoms with van der Waals surface area (Å²) in [4.78, 5) is 0. The van der Waals surface area contributed by atoms with Crippen molar-refractivity contribution in [3.8, 4) is 0 Å². The molecule has 1 aromatic rings. The van der Waals surface area contributed by atoms with Gasteiger partial charge in [-0.2, -0.15) is 0 Å². The molecular weight excluding hydrogens is 359 g/mol. The molecule has 2 aliphatic carbocycles. The van der Waals surface area contributed by atoms with Crippen molar-refractivity contribution in [3.05, 3.63) is 35.9 Å². The van der Waals surface area contributed by atoms with Gasteiger partial charge in [0, 0.05) is 5.41 Å². The molecular formula is C27H43FO. The molecule has 0 radical (unpaired) electrons. The van der Waals surface area contributed by atoms with Gasteiger partial charge in [-0.15, -0.1) is 0 Å². The molecule has 2 heteroatoms. The van der Waals surface area contributed by atoms with Gasteiger partial charge in [0.25, 0.3) is 0 Å². The van der Waals surface area contributed by atoms with Gasteiger partial charge in [0.15, 0.2) is 0 Å². The first-order chi connectivity index (χ1) is 13.6. The first kappa shape index (κ1) is 22.8. The third kappa shape index (κ3) is 4.29. The van der Waals surface area contributed by atoms with Crippen molar-refractivity contribution in [1.29, 1.82) is 0 Å². The monoisotopic (exact) mass is 402 g/mol. The van der Waals surface area contributed by atoms with Crippen LogP contribution in [0.15, 0.2) is 30.3 Å². The summed E-state index contributed by atoms with van der Waals surface area (Å²) in [7, 11) is 0.